The Bertz CT molecular complexity index is 403. The van der Waals surface area contributed by atoms with E-state index in [2.05, 4.69) is 15.0 Å². The summed E-state index contributed by atoms with van der Waals surface area (Å²) in [6.07, 6.45) is -1.20. The SMILES string of the molecule is CCCOC(=O)/N=N/C(=O)Oc1ccccc1. The normalized spacial score (nSPS) is 10.2. The lowest BCUT2D eigenvalue weighted by atomic mass is 10.3. The van der Waals surface area contributed by atoms with Gasteiger partial charge in [-0.3, -0.25) is 0 Å². The highest BCUT2D eigenvalue weighted by atomic mass is 16.6. The predicted octanol–water partition coefficient (Wildman–Crippen LogP) is 3.18. The van der Waals surface area contributed by atoms with E-state index >= 15 is 0 Å². The smallest absolute Gasteiger partial charge is 0.447 e. The first-order valence-corrected chi connectivity index (χ1v) is 5.07. The zero-order chi connectivity index (χ0) is 12.5. The maximum Gasteiger partial charge on any atom is 0.458 e. The molecule has 0 radical (unpaired) electrons. The molecule has 0 aliphatic carbocycles. The number of para-hydroxylation sites is 1. The first-order chi connectivity index (χ1) is 8.22. The van der Waals surface area contributed by atoms with Crippen molar-refractivity contribution >= 4 is 12.2 Å². The number of hydrogen-bond donors (Lipinski definition) is 0. The molecule has 0 aliphatic rings. The summed E-state index contributed by atoms with van der Waals surface area (Å²) in [4.78, 5) is 22.0. The number of benzene rings is 1. The third kappa shape index (κ3) is 5.41. The molecule has 1 aromatic rings. The minimum atomic E-state index is -0.968. The Morgan fingerprint density at radius 1 is 1.12 bits per heavy atom. The second-order valence-electron chi connectivity index (χ2n) is 3.00. The van der Waals surface area contributed by atoms with E-state index < -0.39 is 12.2 Å². The molecule has 0 N–H and O–H groups in total. The lowest BCUT2D eigenvalue weighted by Gasteiger charge is -1.98. The molecule has 0 unspecified atom stereocenters. The quantitative estimate of drug-likeness (QED) is 0.755. The van der Waals surface area contributed by atoms with Crippen LogP contribution in [0.3, 0.4) is 0 Å². The molecule has 0 fully saturated rings. The van der Waals surface area contributed by atoms with E-state index in [4.69, 9.17) is 4.74 Å². The predicted molar refractivity (Wildman–Crippen MR) is 59.0 cm³/mol. The number of carbonyl (C=O) groups excluding carboxylic acids is 2. The van der Waals surface area contributed by atoms with Crippen LogP contribution in [0.5, 0.6) is 5.75 Å². The van der Waals surface area contributed by atoms with Crippen molar-refractivity contribution < 1.29 is 19.1 Å². The van der Waals surface area contributed by atoms with Crippen molar-refractivity contribution in [2.45, 2.75) is 13.3 Å². The van der Waals surface area contributed by atoms with Gasteiger partial charge in [0.2, 0.25) is 0 Å². The topological polar surface area (TPSA) is 77.3 Å². The third-order valence-corrected chi connectivity index (χ3v) is 1.59. The Kier molecular flexibility index (Phi) is 5.36. The zero-order valence-corrected chi connectivity index (χ0v) is 9.33. The van der Waals surface area contributed by atoms with Crippen LogP contribution in [0.25, 0.3) is 0 Å². The summed E-state index contributed by atoms with van der Waals surface area (Å²) >= 11 is 0. The van der Waals surface area contributed by atoms with Gasteiger partial charge in [0.1, 0.15) is 5.75 Å². The van der Waals surface area contributed by atoms with Crippen LogP contribution in [0.15, 0.2) is 40.6 Å². The second kappa shape index (κ2) is 7.10. The molecule has 0 aromatic heterocycles. The average molecular weight is 236 g/mol. The minimum Gasteiger partial charge on any atom is -0.447 e. The molecular formula is C11H12N2O4. The molecule has 0 saturated heterocycles. The van der Waals surface area contributed by atoms with Crippen LogP contribution >= 0.6 is 0 Å². The van der Waals surface area contributed by atoms with Crippen LogP contribution in [-0.2, 0) is 4.74 Å². The maximum absolute atomic E-state index is 11.1. The van der Waals surface area contributed by atoms with Gasteiger partial charge in [-0.25, -0.2) is 9.59 Å². The van der Waals surface area contributed by atoms with Gasteiger partial charge in [0.05, 0.1) is 6.61 Å². The molecule has 0 atom stereocenters. The van der Waals surface area contributed by atoms with E-state index in [-0.39, 0.29) is 6.61 Å². The van der Waals surface area contributed by atoms with Gasteiger partial charge in [0.15, 0.2) is 0 Å². The molecule has 6 heteroatoms. The molecular weight excluding hydrogens is 224 g/mol. The van der Waals surface area contributed by atoms with Gasteiger partial charge >= 0.3 is 12.2 Å². The van der Waals surface area contributed by atoms with Crippen molar-refractivity contribution in [1.82, 2.24) is 0 Å². The summed E-state index contributed by atoms with van der Waals surface area (Å²) in [5.74, 6) is 0.332. The van der Waals surface area contributed by atoms with Crippen LogP contribution < -0.4 is 4.74 Å². The molecule has 1 rings (SSSR count). The standard InChI is InChI=1S/C11H12N2O4/c1-2-8-16-10(14)12-13-11(15)17-9-6-4-3-5-7-9/h3-7H,2,8H2,1H3/b13-12+. The molecule has 0 aliphatic heterocycles. The Morgan fingerprint density at radius 3 is 2.41 bits per heavy atom. The molecule has 0 saturated carbocycles. The van der Waals surface area contributed by atoms with Crippen LogP contribution in [0.2, 0.25) is 0 Å². The number of azo groups is 1. The number of amides is 2. The maximum atomic E-state index is 11.1. The van der Waals surface area contributed by atoms with Gasteiger partial charge in [-0.1, -0.05) is 35.4 Å². The molecule has 17 heavy (non-hydrogen) atoms. The highest BCUT2D eigenvalue weighted by Crippen LogP contribution is 2.09. The first kappa shape index (κ1) is 12.8. The van der Waals surface area contributed by atoms with Crippen molar-refractivity contribution in [3.8, 4) is 5.75 Å². The molecule has 1 aromatic carbocycles. The molecule has 90 valence electrons. The summed E-state index contributed by atoms with van der Waals surface area (Å²) in [5, 5.41) is 6.11. The Hall–Kier alpha value is -2.24. The van der Waals surface area contributed by atoms with E-state index in [9.17, 15) is 9.59 Å². The van der Waals surface area contributed by atoms with Crippen molar-refractivity contribution in [3.63, 3.8) is 0 Å². The van der Waals surface area contributed by atoms with Gasteiger partial charge in [-0.2, -0.15) is 0 Å². The summed E-state index contributed by atoms with van der Waals surface area (Å²) < 4.78 is 9.35. The largest absolute Gasteiger partial charge is 0.458 e. The molecule has 0 spiro atoms. The van der Waals surface area contributed by atoms with Crippen LogP contribution in [0.1, 0.15) is 13.3 Å². The Labute approximate surface area is 98.3 Å². The van der Waals surface area contributed by atoms with E-state index in [0.29, 0.717) is 12.2 Å². The highest BCUT2D eigenvalue weighted by molar-refractivity contribution is 5.74. The first-order valence-electron chi connectivity index (χ1n) is 5.07. The van der Waals surface area contributed by atoms with Gasteiger partial charge in [0.25, 0.3) is 0 Å². The van der Waals surface area contributed by atoms with Crippen molar-refractivity contribution in [2.75, 3.05) is 6.61 Å². The lowest BCUT2D eigenvalue weighted by molar-refractivity contribution is 0.154. The van der Waals surface area contributed by atoms with Gasteiger partial charge in [-0.15, -0.1) is 0 Å². The number of hydrogen-bond acceptors (Lipinski definition) is 4. The van der Waals surface area contributed by atoms with Crippen molar-refractivity contribution in [3.05, 3.63) is 30.3 Å². The fourth-order valence-electron chi connectivity index (χ4n) is 0.910. The zero-order valence-electron chi connectivity index (χ0n) is 9.33. The molecule has 0 bridgehead atoms. The number of carbonyl (C=O) groups is 2. The second-order valence-corrected chi connectivity index (χ2v) is 3.00. The monoisotopic (exact) mass is 236 g/mol. The molecule has 6 nitrogen and oxygen atoms in total. The Morgan fingerprint density at radius 2 is 1.76 bits per heavy atom. The average Bonchev–Trinajstić information content (AvgIpc) is 2.35. The van der Waals surface area contributed by atoms with Gasteiger partial charge < -0.3 is 9.47 Å². The molecule has 2 amide bonds. The van der Waals surface area contributed by atoms with Crippen molar-refractivity contribution in [2.24, 2.45) is 10.2 Å². The Balaban J connectivity index is 2.39. The van der Waals surface area contributed by atoms with Gasteiger partial charge in [0, 0.05) is 0 Å². The summed E-state index contributed by atoms with van der Waals surface area (Å²) in [5.41, 5.74) is 0. The van der Waals surface area contributed by atoms with E-state index in [1.807, 2.05) is 6.92 Å². The van der Waals surface area contributed by atoms with Crippen molar-refractivity contribution in [1.29, 1.82) is 0 Å². The summed E-state index contributed by atoms with van der Waals surface area (Å²) in [7, 11) is 0. The van der Waals surface area contributed by atoms with Crippen LogP contribution in [0.4, 0.5) is 9.59 Å². The fraction of sp³-hybridized carbons (Fsp3) is 0.273. The lowest BCUT2D eigenvalue weighted by Crippen LogP contribution is -2.04. The highest BCUT2D eigenvalue weighted by Gasteiger charge is 2.04. The van der Waals surface area contributed by atoms with E-state index in [1.165, 1.54) is 0 Å². The fourth-order valence-corrected chi connectivity index (χ4v) is 0.910. The van der Waals surface area contributed by atoms with E-state index in [0.717, 1.165) is 0 Å². The van der Waals surface area contributed by atoms with E-state index in [1.54, 1.807) is 30.3 Å². The van der Waals surface area contributed by atoms with Crippen LogP contribution in [0, 0.1) is 0 Å². The summed E-state index contributed by atoms with van der Waals surface area (Å²) in [6.45, 7) is 2.08. The summed E-state index contributed by atoms with van der Waals surface area (Å²) in [6, 6.07) is 8.36. The third-order valence-electron chi connectivity index (χ3n) is 1.59. The minimum absolute atomic E-state index is 0.242. The molecule has 0 heterocycles. The number of rotatable bonds is 3. The van der Waals surface area contributed by atoms with Gasteiger partial charge in [-0.05, 0) is 18.6 Å². The van der Waals surface area contributed by atoms with Crippen LogP contribution in [-0.4, -0.2) is 18.8 Å². The number of ether oxygens (including phenoxy) is 2. The number of nitrogens with zero attached hydrogens (tertiary/aromatic N) is 2.